The molecule has 0 bridgehead atoms. The molecule has 0 heterocycles. The van der Waals surface area contributed by atoms with E-state index in [1.807, 2.05) is 12.1 Å². The molecule has 2 aromatic rings. The number of rotatable bonds is 3. The van der Waals surface area contributed by atoms with Crippen molar-refractivity contribution in [2.24, 2.45) is 5.92 Å². The highest BCUT2D eigenvalue weighted by Gasteiger charge is 2.44. The van der Waals surface area contributed by atoms with E-state index in [2.05, 4.69) is 63.2 Å². The molecule has 1 aliphatic carbocycles. The first-order chi connectivity index (χ1) is 9.98. The maximum absolute atomic E-state index is 10.8. The molecule has 0 spiro atoms. The zero-order valence-electron chi connectivity index (χ0n) is 13.1. The third kappa shape index (κ3) is 2.89. The number of benzene rings is 2. The van der Waals surface area contributed by atoms with Crippen LogP contribution in [0.3, 0.4) is 0 Å². The zero-order chi connectivity index (χ0) is 15.0. The molecule has 0 radical (unpaired) electrons. The minimum atomic E-state index is -0.356. The second-order valence-corrected chi connectivity index (χ2v) is 7.20. The number of aliphatic hydroxyl groups excluding tert-OH is 1. The van der Waals surface area contributed by atoms with Crippen molar-refractivity contribution in [3.63, 3.8) is 0 Å². The second-order valence-electron chi connectivity index (χ2n) is 7.20. The van der Waals surface area contributed by atoms with Crippen molar-refractivity contribution in [1.29, 1.82) is 0 Å². The highest BCUT2D eigenvalue weighted by Crippen LogP contribution is 2.54. The summed E-state index contributed by atoms with van der Waals surface area (Å²) in [4.78, 5) is 0. The lowest BCUT2D eigenvalue weighted by Gasteiger charge is -2.25. The Bertz CT molecular complexity index is 609. The topological polar surface area (TPSA) is 20.2 Å². The van der Waals surface area contributed by atoms with Crippen molar-refractivity contribution in [2.75, 3.05) is 0 Å². The Kier molecular flexibility index (Phi) is 3.62. The van der Waals surface area contributed by atoms with Crippen LogP contribution in [0.15, 0.2) is 54.6 Å². The summed E-state index contributed by atoms with van der Waals surface area (Å²) in [5.74, 6) is 0.866. The third-order valence-electron chi connectivity index (χ3n) is 4.56. The molecular weight excluding hydrogens is 256 g/mol. The van der Waals surface area contributed by atoms with Gasteiger partial charge in [0.2, 0.25) is 0 Å². The van der Waals surface area contributed by atoms with Crippen molar-refractivity contribution < 1.29 is 5.11 Å². The molecule has 2 aromatic carbocycles. The van der Waals surface area contributed by atoms with Crippen LogP contribution in [0.1, 0.15) is 55.9 Å². The van der Waals surface area contributed by atoms with Crippen LogP contribution in [0, 0.1) is 5.92 Å². The predicted molar refractivity (Wildman–Crippen MR) is 87.4 cm³/mol. The van der Waals surface area contributed by atoms with Crippen LogP contribution in [0.4, 0.5) is 0 Å². The molecule has 1 heteroatoms. The summed E-state index contributed by atoms with van der Waals surface area (Å²) in [5, 5.41) is 10.8. The van der Waals surface area contributed by atoms with Gasteiger partial charge in [0, 0.05) is 0 Å². The van der Waals surface area contributed by atoms with Crippen LogP contribution in [0.2, 0.25) is 0 Å². The minimum Gasteiger partial charge on any atom is -0.388 e. The fourth-order valence-corrected chi connectivity index (χ4v) is 3.32. The Balaban J connectivity index is 1.84. The predicted octanol–water partition coefficient (Wildman–Crippen LogP) is 4.82. The van der Waals surface area contributed by atoms with E-state index in [4.69, 9.17) is 0 Å². The lowest BCUT2D eigenvalue weighted by Crippen LogP contribution is -2.17. The molecule has 1 aliphatic rings. The molecule has 1 nitrogen and oxygen atoms in total. The molecule has 3 rings (SSSR count). The van der Waals surface area contributed by atoms with Gasteiger partial charge in [-0.3, -0.25) is 0 Å². The molecule has 21 heavy (non-hydrogen) atoms. The van der Waals surface area contributed by atoms with E-state index in [9.17, 15) is 5.11 Å². The lowest BCUT2D eigenvalue weighted by molar-refractivity contribution is 0.149. The largest absolute Gasteiger partial charge is 0.388 e. The van der Waals surface area contributed by atoms with Gasteiger partial charge in [0.1, 0.15) is 0 Å². The van der Waals surface area contributed by atoms with Crippen LogP contribution in [-0.2, 0) is 5.41 Å². The van der Waals surface area contributed by atoms with Gasteiger partial charge in [0.05, 0.1) is 6.10 Å². The van der Waals surface area contributed by atoms with Crippen molar-refractivity contribution in [1.82, 2.24) is 0 Å². The first kappa shape index (κ1) is 14.3. The van der Waals surface area contributed by atoms with Crippen molar-refractivity contribution >= 4 is 0 Å². The first-order valence-electron chi connectivity index (χ1n) is 7.81. The molecule has 0 aliphatic heterocycles. The van der Waals surface area contributed by atoms with Gasteiger partial charge in [-0.15, -0.1) is 0 Å². The Hall–Kier alpha value is -1.60. The van der Waals surface area contributed by atoms with Gasteiger partial charge >= 0.3 is 0 Å². The van der Waals surface area contributed by atoms with Crippen LogP contribution >= 0.6 is 0 Å². The summed E-state index contributed by atoms with van der Waals surface area (Å²) < 4.78 is 0. The quantitative estimate of drug-likeness (QED) is 0.854. The monoisotopic (exact) mass is 280 g/mol. The zero-order valence-corrected chi connectivity index (χ0v) is 13.1. The van der Waals surface area contributed by atoms with Crippen LogP contribution < -0.4 is 0 Å². The average molecular weight is 280 g/mol. The Morgan fingerprint density at radius 3 is 2.24 bits per heavy atom. The molecular formula is C20H24O. The van der Waals surface area contributed by atoms with E-state index >= 15 is 0 Å². The van der Waals surface area contributed by atoms with Gasteiger partial charge in [0.25, 0.3) is 0 Å². The molecule has 0 aromatic heterocycles. The minimum absolute atomic E-state index is 0.0642. The van der Waals surface area contributed by atoms with Crippen LogP contribution in [-0.4, -0.2) is 5.11 Å². The fourth-order valence-electron chi connectivity index (χ4n) is 3.32. The molecule has 1 fully saturated rings. The lowest BCUT2D eigenvalue weighted by atomic mass is 9.81. The van der Waals surface area contributed by atoms with E-state index in [1.165, 1.54) is 11.1 Å². The van der Waals surface area contributed by atoms with E-state index in [1.54, 1.807) is 0 Å². The number of hydrogen-bond donors (Lipinski definition) is 1. The summed E-state index contributed by atoms with van der Waals surface area (Å²) in [6, 6.07) is 18.9. The van der Waals surface area contributed by atoms with Crippen LogP contribution in [0.25, 0.3) is 0 Å². The van der Waals surface area contributed by atoms with Gasteiger partial charge in [-0.25, -0.2) is 0 Å². The van der Waals surface area contributed by atoms with Crippen molar-refractivity contribution in [3.8, 4) is 0 Å². The highest BCUT2D eigenvalue weighted by molar-refractivity contribution is 5.37. The van der Waals surface area contributed by atoms with Gasteiger partial charge in [-0.1, -0.05) is 75.4 Å². The van der Waals surface area contributed by atoms with Gasteiger partial charge in [0.15, 0.2) is 0 Å². The summed E-state index contributed by atoms with van der Waals surface area (Å²) in [6.07, 6.45) is 0.731. The Morgan fingerprint density at radius 1 is 0.952 bits per heavy atom. The standard InChI is InChI=1S/C20H24O/c1-20(2,3)18-12-8-7-11-15(18)19(21)17-13-16(17)14-9-5-4-6-10-14/h4-12,16-17,19,21H,13H2,1-3H3. The molecule has 110 valence electrons. The summed E-state index contributed by atoms with van der Waals surface area (Å²) in [6.45, 7) is 6.63. The average Bonchev–Trinajstić information content (AvgIpc) is 3.27. The molecule has 0 saturated heterocycles. The fraction of sp³-hybridized carbons (Fsp3) is 0.400. The van der Waals surface area contributed by atoms with Crippen molar-refractivity contribution in [2.45, 2.75) is 44.6 Å². The SMILES string of the molecule is CC(C)(C)c1ccccc1C(O)C1CC1c1ccccc1. The van der Waals surface area contributed by atoms with Crippen molar-refractivity contribution in [3.05, 3.63) is 71.3 Å². The normalized spacial score (nSPS) is 22.9. The molecule has 3 unspecified atom stereocenters. The molecule has 1 N–H and O–H groups in total. The van der Waals surface area contributed by atoms with E-state index < -0.39 is 0 Å². The maximum atomic E-state index is 10.8. The first-order valence-corrected chi connectivity index (χ1v) is 7.81. The number of aliphatic hydroxyl groups is 1. The Labute approximate surface area is 127 Å². The highest BCUT2D eigenvalue weighted by atomic mass is 16.3. The molecule has 3 atom stereocenters. The summed E-state index contributed by atoms with van der Waals surface area (Å²) in [5.41, 5.74) is 3.79. The van der Waals surface area contributed by atoms with E-state index in [0.717, 1.165) is 12.0 Å². The Morgan fingerprint density at radius 2 is 1.57 bits per heavy atom. The van der Waals surface area contributed by atoms with Gasteiger partial charge in [-0.05, 0) is 40.4 Å². The molecule has 1 saturated carbocycles. The number of hydrogen-bond acceptors (Lipinski definition) is 1. The van der Waals surface area contributed by atoms with E-state index in [-0.39, 0.29) is 11.5 Å². The van der Waals surface area contributed by atoms with E-state index in [0.29, 0.717) is 11.8 Å². The van der Waals surface area contributed by atoms with Gasteiger partial charge < -0.3 is 5.11 Å². The maximum Gasteiger partial charge on any atom is 0.0827 e. The smallest absolute Gasteiger partial charge is 0.0827 e. The third-order valence-corrected chi connectivity index (χ3v) is 4.56. The summed E-state index contributed by atoms with van der Waals surface area (Å²) in [7, 11) is 0. The van der Waals surface area contributed by atoms with Gasteiger partial charge in [-0.2, -0.15) is 0 Å². The molecule has 0 amide bonds. The van der Waals surface area contributed by atoms with Crippen LogP contribution in [0.5, 0.6) is 0 Å². The summed E-state index contributed by atoms with van der Waals surface area (Å²) >= 11 is 0. The second kappa shape index (κ2) is 5.31.